The van der Waals surface area contributed by atoms with Crippen LogP contribution >= 0.6 is 35.0 Å². The quantitative estimate of drug-likeness (QED) is 0.614. The van der Waals surface area contributed by atoms with E-state index in [0.29, 0.717) is 32.0 Å². The fourth-order valence-corrected chi connectivity index (χ4v) is 3.69. The highest BCUT2D eigenvalue weighted by Gasteiger charge is 2.35. The van der Waals surface area contributed by atoms with Gasteiger partial charge in [-0.1, -0.05) is 29.3 Å². The van der Waals surface area contributed by atoms with Gasteiger partial charge in [-0.25, -0.2) is 0 Å². The Bertz CT molecular complexity index is 945. The van der Waals surface area contributed by atoms with Crippen LogP contribution in [0.25, 0.3) is 6.08 Å². The Kier molecular flexibility index (Phi) is 5.99. The van der Waals surface area contributed by atoms with Crippen molar-refractivity contribution >= 4 is 52.2 Å². The number of thioether (sulfide) groups is 1. The molecule has 2 aromatic carbocycles. The topological polar surface area (TPSA) is 55.8 Å². The molecule has 0 bridgehead atoms. The van der Waals surface area contributed by atoms with Crippen LogP contribution in [0.3, 0.4) is 0 Å². The second-order valence-electron chi connectivity index (χ2n) is 5.62. The number of halogens is 2. The van der Waals surface area contributed by atoms with Crippen molar-refractivity contribution in [2.24, 2.45) is 0 Å². The molecule has 0 spiro atoms. The van der Waals surface area contributed by atoms with Crippen LogP contribution in [-0.2, 0) is 11.3 Å². The first-order valence-electron chi connectivity index (χ1n) is 7.84. The summed E-state index contributed by atoms with van der Waals surface area (Å²) in [5.74, 6) is 0.816. The van der Waals surface area contributed by atoms with Crippen molar-refractivity contribution in [1.82, 2.24) is 4.90 Å². The van der Waals surface area contributed by atoms with Crippen molar-refractivity contribution in [1.29, 1.82) is 0 Å². The molecule has 0 radical (unpaired) electrons. The molecule has 0 aliphatic carbocycles. The predicted molar refractivity (Wildman–Crippen MR) is 108 cm³/mol. The Hall–Kier alpha value is -2.15. The third-order valence-corrected chi connectivity index (χ3v) is 5.57. The molecular formula is C19H15Cl2NO4S. The zero-order chi connectivity index (χ0) is 19.6. The Morgan fingerprint density at radius 3 is 2.48 bits per heavy atom. The van der Waals surface area contributed by atoms with Gasteiger partial charge in [0.1, 0.15) is 11.5 Å². The van der Waals surface area contributed by atoms with Crippen molar-refractivity contribution in [2.75, 3.05) is 14.2 Å². The molecule has 3 rings (SSSR count). The van der Waals surface area contributed by atoms with Crippen molar-refractivity contribution in [3.05, 3.63) is 62.5 Å². The lowest BCUT2D eigenvalue weighted by molar-refractivity contribution is -0.123. The average molecular weight is 424 g/mol. The molecule has 2 amide bonds. The van der Waals surface area contributed by atoms with E-state index in [4.69, 9.17) is 32.7 Å². The van der Waals surface area contributed by atoms with Crippen molar-refractivity contribution in [2.45, 2.75) is 6.54 Å². The third-order valence-electron chi connectivity index (χ3n) is 3.93. The molecule has 0 atom stereocenters. The number of carbonyl (C=O) groups excluding carboxylic acids is 2. The van der Waals surface area contributed by atoms with Crippen LogP contribution in [0.1, 0.15) is 11.1 Å². The first-order valence-corrected chi connectivity index (χ1v) is 9.41. The summed E-state index contributed by atoms with van der Waals surface area (Å²) in [5, 5.41) is 0.450. The second-order valence-corrected chi connectivity index (χ2v) is 7.43. The standard InChI is InChI=1S/C19H15Cl2NO4S/c1-25-13-5-4-12(16(9-13)26-2)8-17-18(23)22(19(24)27-17)10-11-3-6-14(20)15(21)7-11/h3-9H,10H2,1-2H3/b17-8+. The van der Waals surface area contributed by atoms with Crippen LogP contribution in [0.2, 0.25) is 10.0 Å². The van der Waals surface area contributed by atoms with E-state index in [1.54, 1.807) is 49.6 Å². The van der Waals surface area contributed by atoms with Gasteiger partial charge >= 0.3 is 0 Å². The maximum Gasteiger partial charge on any atom is 0.293 e. The molecule has 1 fully saturated rings. The molecular weight excluding hydrogens is 409 g/mol. The van der Waals surface area contributed by atoms with Gasteiger partial charge in [-0.2, -0.15) is 0 Å². The normalized spacial score (nSPS) is 15.6. The summed E-state index contributed by atoms with van der Waals surface area (Å²) in [6.45, 7) is 0.124. The number of methoxy groups -OCH3 is 2. The fourth-order valence-electron chi connectivity index (χ4n) is 2.54. The van der Waals surface area contributed by atoms with E-state index in [0.717, 1.165) is 17.3 Å². The zero-order valence-corrected chi connectivity index (χ0v) is 16.8. The van der Waals surface area contributed by atoms with Crippen LogP contribution < -0.4 is 9.47 Å². The van der Waals surface area contributed by atoms with E-state index in [9.17, 15) is 9.59 Å². The molecule has 0 saturated carbocycles. The molecule has 27 heavy (non-hydrogen) atoms. The van der Waals surface area contributed by atoms with Crippen molar-refractivity contribution in [3.8, 4) is 11.5 Å². The number of rotatable bonds is 5. The summed E-state index contributed by atoms with van der Waals surface area (Å²) >= 11 is 12.8. The van der Waals surface area contributed by atoms with Gasteiger partial charge in [0.05, 0.1) is 35.7 Å². The van der Waals surface area contributed by atoms with E-state index in [-0.39, 0.29) is 17.7 Å². The highest BCUT2D eigenvalue weighted by atomic mass is 35.5. The lowest BCUT2D eigenvalue weighted by Crippen LogP contribution is -2.27. The monoisotopic (exact) mass is 423 g/mol. The first kappa shape index (κ1) is 19.6. The summed E-state index contributed by atoms with van der Waals surface area (Å²) < 4.78 is 10.5. The van der Waals surface area contributed by atoms with Crippen molar-refractivity contribution < 1.29 is 19.1 Å². The van der Waals surface area contributed by atoms with Gasteiger partial charge in [-0.15, -0.1) is 0 Å². The molecule has 1 aliphatic heterocycles. The van der Waals surface area contributed by atoms with Gasteiger partial charge < -0.3 is 9.47 Å². The molecule has 1 heterocycles. The van der Waals surface area contributed by atoms with Gasteiger partial charge in [-0.3, -0.25) is 14.5 Å². The zero-order valence-electron chi connectivity index (χ0n) is 14.5. The molecule has 140 valence electrons. The minimum atomic E-state index is -0.367. The number of nitrogens with zero attached hydrogens (tertiary/aromatic N) is 1. The summed E-state index contributed by atoms with van der Waals surface area (Å²) in [6.07, 6.45) is 1.64. The fraction of sp³-hybridized carbons (Fsp3) is 0.158. The Morgan fingerprint density at radius 1 is 1.04 bits per heavy atom. The number of hydrogen-bond donors (Lipinski definition) is 0. The molecule has 1 aliphatic rings. The summed E-state index contributed by atoms with van der Waals surface area (Å²) in [5.41, 5.74) is 1.40. The van der Waals surface area contributed by atoms with Crippen LogP contribution in [0.15, 0.2) is 41.3 Å². The van der Waals surface area contributed by atoms with Crippen LogP contribution in [-0.4, -0.2) is 30.3 Å². The van der Waals surface area contributed by atoms with E-state index < -0.39 is 0 Å². The molecule has 0 N–H and O–H groups in total. The first-order chi connectivity index (χ1) is 12.9. The minimum Gasteiger partial charge on any atom is -0.497 e. The predicted octanol–water partition coefficient (Wildman–Crippen LogP) is 5.25. The molecule has 5 nitrogen and oxygen atoms in total. The van der Waals surface area contributed by atoms with Crippen LogP contribution in [0, 0.1) is 0 Å². The molecule has 8 heteroatoms. The summed E-state index contributed by atoms with van der Waals surface area (Å²) in [7, 11) is 3.09. The third kappa shape index (κ3) is 4.24. The van der Waals surface area contributed by atoms with Gasteiger partial charge in [0.15, 0.2) is 0 Å². The molecule has 2 aromatic rings. The van der Waals surface area contributed by atoms with Gasteiger partial charge in [-0.05, 0) is 47.7 Å². The van der Waals surface area contributed by atoms with Gasteiger partial charge in [0.25, 0.3) is 11.1 Å². The summed E-state index contributed by atoms with van der Waals surface area (Å²) in [4.78, 5) is 26.5. The Morgan fingerprint density at radius 2 is 1.81 bits per heavy atom. The number of benzene rings is 2. The lowest BCUT2D eigenvalue weighted by atomic mass is 10.1. The second kappa shape index (κ2) is 8.25. The van der Waals surface area contributed by atoms with Gasteiger partial charge in [0.2, 0.25) is 0 Å². The Labute approximate surface area is 170 Å². The number of imide groups is 1. The van der Waals surface area contributed by atoms with E-state index >= 15 is 0 Å². The maximum atomic E-state index is 12.7. The number of amides is 2. The molecule has 0 unspecified atom stereocenters. The molecule has 0 aromatic heterocycles. The van der Waals surface area contributed by atoms with E-state index in [1.807, 2.05) is 0 Å². The van der Waals surface area contributed by atoms with E-state index in [2.05, 4.69) is 0 Å². The number of carbonyl (C=O) groups is 2. The lowest BCUT2D eigenvalue weighted by Gasteiger charge is -2.13. The number of ether oxygens (including phenoxy) is 2. The van der Waals surface area contributed by atoms with Crippen LogP contribution in [0.5, 0.6) is 11.5 Å². The highest BCUT2D eigenvalue weighted by Crippen LogP contribution is 2.36. The van der Waals surface area contributed by atoms with Crippen molar-refractivity contribution in [3.63, 3.8) is 0 Å². The average Bonchev–Trinajstić information content (AvgIpc) is 2.92. The highest BCUT2D eigenvalue weighted by molar-refractivity contribution is 8.18. The van der Waals surface area contributed by atoms with Crippen LogP contribution in [0.4, 0.5) is 4.79 Å². The largest absolute Gasteiger partial charge is 0.497 e. The Balaban J connectivity index is 1.85. The SMILES string of the molecule is COc1ccc(/C=C2/SC(=O)N(Cc3ccc(Cl)c(Cl)c3)C2=O)c(OC)c1. The smallest absolute Gasteiger partial charge is 0.293 e. The number of hydrogen-bond acceptors (Lipinski definition) is 5. The minimum absolute atomic E-state index is 0.124. The molecule has 1 saturated heterocycles. The summed E-state index contributed by atoms with van der Waals surface area (Å²) in [6, 6.07) is 10.2. The van der Waals surface area contributed by atoms with E-state index in [1.165, 1.54) is 12.0 Å². The van der Waals surface area contributed by atoms with Gasteiger partial charge in [0, 0.05) is 11.6 Å². The maximum absolute atomic E-state index is 12.7.